The lowest BCUT2D eigenvalue weighted by molar-refractivity contribution is -0.274. The molecule has 1 aromatic carbocycles. The molecule has 0 atom stereocenters. The molecule has 2 N–H and O–H groups in total. The van der Waals surface area contributed by atoms with Gasteiger partial charge in [-0.25, -0.2) is 9.18 Å². The number of carbonyl (C=O) groups is 1. The highest BCUT2D eigenvalue weighted by Gasteiger charge is 2.33. The summed E-state index contributed by atoms with van der Waals surface area (Å²) in [6.45, 7) is 5.48. The minimum atomic E-state index is -5.01. The van der Waals surface area contributed by atoms with E-state index in [1.807, 2.05) is 19.6 Å². The molecule has 0 aliphatic heterocycles. The molecule has 9 heteroatoms. The standard InChI is InChI=1S/C13H13F4NO3Si/c1-22(2,3)7-6-8-10(21-13(15,16)17)5-4-9(14)11(8)18-12(19)20/h4-5,18H,1-3H3,(H,19,20). The Bertz CT molecular complexity index is 642. The minimum Gasteiger partial charge on any atom is -0.465 e. The Morgan fingerprint density at radius 2 is 1.91 bits per heavy atom. The van der Waals surface area contributed by atoms with Crippen LogP contribution in [-0.4, -0.2) is 25.6 Å². The molecule has 0 unspecified atom stereocenters. The van der Waals surface area contributed by atoms with E-state index in [0.717, 1.165) is 6.07 Å². The summed E-state index contributed by atoms with van der Waals surface area (Å²) >= 11 is 0. The highest BCUT2D eigenvalue weighted by Crippen LogP contribution is 2.32. The quantitative estimate of drug-likeness (QED) is 0.487. The Morgan fingerprint density at radius 1 is 1.32 bits per heavy atom. The smallest absolute Gasteiger partial charge is 0.465 e. The molecule has 0 aromatic heterocycles. The molecule has 1 aromatic rings. The van der Waals surface area contributed by atoms with Crippen molar-refractivity contribution in [3.63, 3.8) is 0 Å². The van der Waals surface area contributed by atoms with Crippen LogP contribution in [-0.2, 0) is 0 Å². The van der Waals surface area contributed by atoms with Gasteiger partial charge in [0, 0.05) is 0 Å². The van der Waals surface area contributed by atoms with Gasteiger partial charge >= 0.3 is 12.5 Å². The number of hydrogen-bond acceptors (Lipinski definition) is 2. The van der Waals surface area contributed by atoms with Crippen LogP contribution < -0.4 is 10.1 Å². The van der Waals surface area contributed by atoms with E-state index >= 15 is 0 Å². The summed E-state index contributed by atoms with van der Waals surface area (Å²) in [7, 11) is -2.00. The van der Waals surface area contributed by atoms with Gasteiger partial charge in [0.2, 0.25) is 0 Å². The Kier molecular flexibility index (Phi) is 5.08. The minimum absolute atomic E-state index is 0.484. The number of carboxylic acid groups (broad SMARTS) is 1. The van der Waals surface area contributed by atoms with Crippen LogP contribution in [0.15, 0.2) is 12.1 Å². The fraction of sp³-hybridized carbons (Fsp3) is 0.308. The molecule has 0 saturated carbocycles. The van der Waals surface area contributed by atoms with Crippen molar-refractivity contribution in [2.45, 2.75) is 26.0 Å². The zero-order chi connectivity index (χ0) is 17.1. The van der Waals surface area contributed by atoms with Crippen LogP contribution in [0.2, 0.25) is 19.6 Å². The Labute approximate surface area is 125 Å². The fourth-order valence-corrected chi connectivity index (χ4v) is 1.87. The number of anilines is 1. The molecular formula is C13H13F4NO3Si. The van der Waals surface area contributed by atoms with E-state index in [-0.39, 0.29) is 0 Å². The average molecular weight is 335 g/mol. The summed E-state index contributed by atoms with van der Waals surface area (Å²) in [4.78, 5) is 10.7. The van der Waals surface area contributed by atoms with Crippen LogP contribution in [0, 0.1) is 17.3 Å². The summed E-state index contributed by atoms with van der Waals surface area (Å²) in [6, 6.07) is 1.43. The number of alkyl halides is 3. The third-order valence-corrected chi connectivity index (χ3v) is 3.01. The van der Waals surface area contributed by atoms with E-state index in [0.29, 0.717) is 6.07 Å². The summed E-state index contributed by atoms with van der Waals surface area (Å²) < 4.78 is 54.7. The molecule has 4 nitrogen and oxygen atoms in total. The number of halogens is 4. The maximum Gasteiger partial charge on any atom is 0.573 e. The van der Waals surface area contributed by atoms with Crippen LogP contribution in [0.3, 0.4) is 0 Å². The highest BCUT2D eigenvalue weighted by atomic mass is 28.3. The van der Waals surface area contributed by atoms with Crippen molar-refractivity contribution < 1.29 is 32.2 Å². The predicted octanol–water partition coefficient (Wildman–Crippen LogP) is 4.04. The van der Waals surface area contributed by atoms with E-state index in [9.17, 15) is 22.4 Å². The summed E-state index contributed by atoms with van der Waals surface area (Å²) in [6.07, 6.45) is -6.63. The van der Waals surface area contributed by atoms with Crippen LogP contribution in [0.5, 0.6) is 5.75 Å². The van der Waals surface area contributed by atoms with E-state index in [1.165, 1.54) is 0 Å². The third-order valence-electron chi connectivity index (χ3n) is 2.14. The lowest BCUT2D eigenvalue weighted by Crippen LogP contribution is -2.20. The first kappa shape index (κ1) is 17.8. The van der Waals surface area contributed by atoms with Crippen molar-refractivity contribution in [1.29, 1.82) is 0 Å². The number of amides is 1. The molecule has 0 radical (unpaired) electrons. The Hall–Kier alpha value is -2.21. The van der Waals surface area contributed by atoms with E-state index in [2.05, 4.69) is 16.2 Å². The SMILES string of the molecule is C[Si](C)(C)C#Cc1c(OC(F)(F)F)ccc(F)c1NC(=O)O. The first-order chi connectivity index (χ1) is 9.89. The van der Waals surface area contributed by atoms with Gasteiger partial charge in [0.25, 0.3) is 0 Å². The van der Waals surface area contributed by atoms with Crippen molar-refractivity contribution in [3.8, 4) is 17.2 Å². The van der Waals surface area contributed by atoms with E-state index < -0.39 is 43.3 Å². The Balaban J connectivity index is 3.50. The van der Waals surface area contributed by atoms with Crippen LogP contribution in [0.1, 0.15) is 5.56 Å². The van der Waals surface area contributed by atoms with E-state index in [1.54, 1.807) is 5.32 Å². The zero-order valence-electron chi connectivity index (χ0n) is 11.9. The van der Waals surface area contributed by atoms with Crippen molar-refractivity contribution in [1.82, 2.24) is 0 Å². The predicted molar refractivity (Wildman–Crippen MR) is 75.0 cm³/mol. The largest absolute Gasteiger partial charge is 0.573 e. The van der Waals surface area contributed by atoms with Crippen LogP contribution in [0.25, 0.3) is 0 Å². The second-order valence-electron chi connectivity index (χ2n) is 5.27. The first-order valence-corrected chi connectivity index (χ1v) is 9.50. The number of nitrogens with one attached hydrogen (secondary N) is 1. The lowest BCUT2D eigenvalue weighted by atomic mass is 10.1. The van der Waals surface area contributed by atoms with Gasteiger partial charge in [-0.1, -0.05) is 25.6 Å². The number of ether oxygens (including phenoxy) is 1. The normalized spacial score (nSPS) is 11.4. The van der Waals surface area contributed by atoms with Gasteiger partial charge in [0.05, 0.1) is 11.3 Å². The van der Waals surface area contributed by atoms with Crippen molar-refractivity contribution in [2.75, 3.05) is 5.32 Å². The first-order valence-electron chi connectivity index (χ1n) is 6.00. The molecule has 0 bridgehead atoms. The number of hydrogen-bond donors (Lipinski definition) is 2. The zero-order valence-corrected chi connectivity index (χ0v) is 12.9. The summed E-state index contributed by atoms with van der Waals surface area (Å²) in [5.41, 5.74) is 1.60. The molecule has 0 aliphatic rings. The second-order valence-corrected chi connectivity index (χ2v) is 10.0. The maximum absolute atomic E-state index is 13.7. The second kappa shape index (κ2) is 6.27. The average Bonchev–Trinajstić information content (AvgIpc) is 2.29. The molecule has 0 aliphatic carbocycles. The maximum atomic E-state index is 13.7. The van der Waals surface area contributed by atoms with Gasteiger partial charge in [-0.05, 0) is 12.1 Å². The van der Waals surface area contributed by atoms with Gasteiger partial charge in [0.15, 0.2) is 0 Å². The molecule has 0 fully saturated rings. The topological polar surface area (TPSA) is 58.6 Å². The van der Waals surface area contributed by atoms with Crippen molar-refractivity contribution in [3.05, 3.63) is 23.5 Å². The molecule has 22 heavy (non-hydrogen) atoms. The Morgan fingerprint density at radius 3 is 2.36 bits per heavy atom. The van der Waals surface area contributed by atoms with Crippen molar-refractivity contribution in [2.24, 2.45) is 0 Å². The van der Waals surface area contributed by atoms with Gasteiger partial charge in [-0.3, -0.25) is 5.32 Å². The molecule has 0 heterocycles. The van der Waals surface area contributed by atoms with Crippen molar-refractivity contribution >= 4 is 19.9 Å². The summed E-state index contributed by atoms with van der Waals surface area (Å²) in [5.74, 6) is 0.606. The molecule has 0 saturated heterocycles. The number of benzene rings is 1. The highest BCUT2D eigenvalue weighted by molar-refractivity contribution is 6.83. The molecular weight excluding hydrogens is 322 g/mol. The van der Waals surface area contributed by atoms with Crippen LogP contribution >= 0.6 is 0 Å². The van der Waals surface area contributed by atoms with Gasteiger partial charge in [-0.2, -0.15) is 0 Å². The van der Waals surface area contributed by atoms with E-state index in [4.69, 9.17) is 5.11 Å². The molecule has 1 rings (SSSR count). The number of rotatable bonds is 2. The lowest BCUT2D eigenvalue weighted by Gasteiger charge is -2.14. The molecule has 120 valence electrons. The monoisotopic (exact) mass is 335 g/mol. The van der Waals surface area contributed by atoms with Gasteiger partial charge in [-0.15, -0.1) is 18.7 Å². The summed E-state index contributed by atoms with van der Waals surface area (Å²) in [5, 5.41) is 10.4. The molecule has 0 spiro atoms. The molecule has 1 amide bonds. The van der Waals surface area contributed by atoms with Gasteiger partial charge < -0.3 is 9.84 Å². The third kappa shape index (κ3) is 5.65. The fourth-order valence-electron chi connectivity index (χ4n) is 1.37. The van der Waals surface area contributed by atoms with Crippen LogP contribution in [0.4, 0.5) is 28.0 Å². The van der Waals surface area contributed by atoms with Gasteiger partial charge in [0.1, 0.15) is 19.6 Å².